The number of nitrogens with zero attached hydrogens (tertiary/aromatic N) is 4. The van der Waals surface area contributed by atoms with Gasteiger partial charge in [-0.1, -0.05) is 30.0 Å². The number of hydrogen-bond acceptors (Lipinski definition) is 6. The molecule has 2 heterocycles. The number of nitrogens with one attached hydrogen (secondary N) is 1. The fraction of sp³-hybridized carbons (Fsp3) is 0.333. The van der Waals surface area contributed by atoms with Gasteiger partial charge in [-0.2, -0.15) is 5.10 Å². The molecule has 2 aromatic rings. The minimum Gasteiger partial charge on any atom is -0.299 e. The zero-order chi connectivity index (χ0) is 12.1. The Kier molecular flexibility index (Phi) is 4.10. The summed E-state index contributed by atoms with van der Waals surface area (Å²) in [5.74, 6) is 0.786. The van der Waals surface area contributed by atoms with Crippen molar-refractivity contribution >= 4 is 34.1 Å². The molecule has 0 radical (unpaired) electrons. The van der Waals surface area contributed by atoms with Crippen LogP contribution in [0.4, 0.5) is 5.13 Å². The van der Waals surface area contributed by atoms with Crippen molar-refractivity contribution in [2.75, 3.05) is 11.1 Å². The number of carbonyl (C=O) groups is 1. The quantitative estimate of drug-likeness (QED) is 0.657. The van der Waals surface area contributed by atoms with E-state index in [0.717, 1.165) is 10.1 Å². The van der Waals surface area contributed by atoms with Gasteiger partial charge in [0, 0.05) is 12.4 Å². The summed E-state index contributed by atoms with van der Waals surface area (Å²) in [7, 11) is 0. The van der Waals surface area contributed by atoms with Gasteiger partial charge in [0.25, 0.3) is 0 Å². The van der Waals surface area contributed by atoms with E-state index in [0.29, 0.717) is 5.13 Å². The van der Waals surface area contributed by atoms with Crippen LogP contribution < -0.4 is 5.32 Å². The highest BCUT2D eigenvalue weighted by Crippen LogP contribution is 2.24. The van der Waals surface area contributed by atoms with Crippen LogP contribution in [0.15, 0.2) is 22.8 Å². The molecule has 8 heteroatoms. The molecule has 2 rings (SSSR count). The molecule has 0 saturated carbocycles. The second-order valence-corrected chi connectivity index (χ2v) is 5.55. The Hall–Kier alpha value is -1.41. The number of aromatic nitrogens is 4. The highest BCUT2D eigenvalue weighted by atomic mass is 32.2. The van der Waals surface area contributed by atoms with Crippen molar-refractivity contribution in [3.05, 3.63) is 18.5 Å². The molecule has 0 fully saturated rings. The molecule has 0 unspecified atom stereocenters. The molecule has 0 aromatic carbocycles. The Morgan fingerprint density at radius 3 is 3.18 bits per heavy atom. The van der Waals surface area contributed by atoms with Crippen LogP contribution in [0, 0.1) is 0 Å². The number of rotatable bonds is 5. The molecule has 0 atom stereocenters. The van der Waals surface area contributed by atoms with Crippen molar-refractivity contribution in [3.8, 4) is 0 Å². The molecule has 0 aliphatic rings. The number of carbonyl (C=O) groups excluding carboxylic acids is 1. The van der Waals surface area contributed by atoms with E-state index in [-0.39, 0.29) is 12.5 Å². The van der Waals surface area contributed by atoms with Crippen molar-refractivity contribution in [1.29, 1.82) is 0 Å². The highest BCUT2D eigenvalue weighted by Gasteiger charge is 2.08. The predicted octanol–water partition coefficient (Wildman–Crippen LogP) is 1.49. The van der Waals surface area contributed by atoms with E-state index in [4.69, 9.17) is 0 Å². The van der Waals surface area contributed by atoms with Crippen molar-refractivity contribution in [2.24, 2.45) is 0 Å². The maximum absolute atomic E-state index is 11.6. The first-order valence-electron chi connectivity index (χ1n) is 5.01. The maximum Gasteiger partial charge on any atom is 0.247 e. The third kappa shape index (κ3) is 3.53. The standard InChI is InChI=1S/C9H11N5OS2/c1-2-16-9-13-12-8(17-9)11-7(15)6-14-5-3-4-10-14/h3-5H,2,6H2,1H3,(H,11,12,15). The van der Waals surface area contributed by atoms with Crippen LogP contribution >= 0.6 is 23.1 Å². The molecule has 17 heavy (non-hydrogen) atoms. The van der Waals surface area contributed by atoms with Gasteiger partial charge in [-0.05, 0) is 11.8 Å². The lowest BCUT2D eigenvalue weighted by atomic mass is 10.6. The Morgan fingerprint density at radius 1 is 1.59 bits per heavy atom. The van der Waals surface area contributed by atoms with Gasteiger partial charge in [0.2, 0.25) is 11.0 Å². The smallest absolute Gasteiger partial charge is 0.247 e. The minimum atomic E-state index is -0.155. The average Bonchev–Trinajstić information content (AvgIpc) is 2.91. The summed E-state index contributed by atoms with van der Waals surface area (Å²) in [6.07, 6.45) is 3.37. The van der Waals surface area contributed by atoms with Gasteiger partial charge in [-0.3, -0.25) is 14.8 Å². The summed E-state index contributed by atoms with van der Waals surface area (Å²) in [4.78, 5) is 11.6. The van der Waals surface area contributed by atoms with Crippen LogP contribution in [-0.2, 0) is 11.3 Å². The average molecular weight is 269 g/mol. The summed E-state index contributed by atoms with van der Waals surface area (Å²) in [5.41, 5.74) is 0. The van der Waals surface area contributed by atoms with E-state index in [2.05, 4.69) is 20.6 Å². The molecule has 1 N–H and O–H groups in total. The fourth-order valence-corrected chi connectivity index (χ4v) is 2.81. The zero-order valence-corrected chi connectivity index (χ0v) is 10.8. The van der Waals surface area contributed by atoms with Crippen LogP contribution in [0.3, 0.4) is 0 Å². The van der Waals surface area contributed by atoms with Crippen LogP contribution in [0.1, 0.15) is 6.92 Å². The van der Waals surface area contributed by atoms with Crippen molar-refractivity contribution in [2.45, 2.75) is 17.8 Å². The van der Waals surface area contributed by atoms with E-state index in [1.807, 2.05) is 6.92 Å². The summed E-state index contributed by atoms with van der Waals surface area (Å²) < 4.78 is 2.42. The van der Waals surface area contributed by atoms with E-state index < -0.39 is 0 Å². The Labute approximate surface area is 106 Å². The SMILES string of the molecule is CCSc1nnc(NC(=O)Cn2cccn2)s1. The first kappa shape index (κ1) is 12.1. The molecule has 90 valence electrons. The van der Waals surface area contributed by atoms with Crippen molar-refractivity contribution < 1.29 is 4.79 Å². The van der Waals surface area contributed by atoms with E-state index in [1.54, 1.807) is 34.9 Å². The molecular weight excluding hydrogens is 258 g/mol. The third-order valence-corrected chi connectivity index (χ3v) is 3.64. The molecule has 0 saturated heterocycles. The van der Waals surface area contributed by atoms with E-state index in [1.165, 1.54) is 11.3 Å². The Balaban J connectivity index is 1.89. The van der Waals surface area contributed by atoms with Gasteiger partial charge in [0.15, 0.2) is 4.34 Å². The van der Waals surface area contributed by atoms with Gasteiger partial charge in [-0.25, -0.2) is 0 Å². The number of thioether (sulfide) groups is 1. The third-order valence-electron chi connectivity index (χ3n) is 1.79. The van der Waals surface area contributed by atoms with Gasteiger partial charge in [-0.15, -0.1) is 10.2 Å². The second kappa shape index (κ2) is 5.78. The normalized spacial score (nSPS) is 10.4. The van der Waals surface area contributed by atoms with Gasteiger partial charge < -0.3 is 0 Å². The summed E-state index contributed by atoms with van der Waals surface area (Å²) in [6, 6.07) is 1.77. The Morgan fingerprint density at radius 2 is 2.47 bits per heavy atom. The van der Waals surface area contributed by atoms with Crippen LogP contribution in [-0.4, -0.2) is 31.6 Å². The lowest BCUT2D eigenvalue weighted by molar-refractivity contribution is -0.116. The molecular formula is C9H11N5OS2. The van der Waals surface area contributed by atoms with Gasteiger partial charge in [0.05, 0.1) is 0 Å². The summed E-state index contributed by atoms with van der Waals surface area (Å²) in [5, 5.41) is 15.0. The summed E-state index contributed by atoms with van der Waals surface area (Å²) in [6.45, 7) is 2.23. The lowest BCUT2D eigenvalue weighted by Crippen LogP contribution is -2.18. The van der Waals surface area contributed by atoms with E-state index in [9.17, 15) is 4.79 Å². The van der Waals surface area contributed by atoms with Crippen molar-refractivity contribution in [1.82, 2.24) is 20.0 Å². The summed E-state index contributed by atoms with van der Waals surface area (Å²) >= 11 is 2.98. The first-order valence-corrected chi connectivity index (χ1v) is 6.81. The van der Waals surface area contributed by atoms with Crippen LogP contribution in [0.5, 0.6) is 0 Å². The first-order chi connectivity index (χ1) is 8.28. The number of hydrogen-bond donors (Lipinski definition) is 1. The second-order valence-electron chi connectivity index (χ2n) is 3.06. The van der Waals surface area contributed by atoms with E-state index >= 15 is 0 Å². The lowest BCUT2D eigenvalue weighted by Gasteiger charge is -2.00. The Bertz CT molecular complexity index is 481. The maximum atomic E-state index is 11.6. The van der Waals surface area contributed by atoms with Crippen LogP contribution in [0.2, 0.25) is 0 Å². The van der Waals surface area contributed by atoms with Crippen LogP contribution in [0.25, 0.3) is 0 Å². The number of anilines is 1. The number of amides is 1. The molecule has 6 nitrogen and oxygen atoms in total. The molecule has 0 spiro atoms. The highest BCUT2D eigenvalue weighted by molar-refractivity contribution is 8.01. The molecule has 0 aliphatic heterocycles. The van der Waals surface area contributed by atoms with Gasteiger partial charge in [0.1, 0.15) is 6.54 Å². The minimum absolute atomic E-state index is 0.155. The van der Waals surface area contributed by atoms with Crippen molar-refractivity contribution in [3.63, 3.8) is 0 Å². The molecule has 2 aromatic heterocycles. The monoisotopic (exact) mass is 269 g/mol. The molecule has 0 aliphatic carbocycles. The molecule has 0 bridgehead atoms. The fourth-order valence-electron chi connectivity index (χ4n) is 1.14. The largest absolute Gasteiger partial charge is 0.299 e. The zero-order valence-electron chi connectivity index (χ0n) is 9.16. The molecule has 1 amide bonds. The van der Waals surface area contributed by atoms with Gasteiger partial charge >= 0.3 is 0 Å². The topological polar surface area (TPSA) is 72.7 Å². The predicted molar refractivity (Wildman–Crippen MR) is 67.2 cm³/mol.